The highest BCUT2D eigenvalue weighted by Gasteiger charge is 2.22. The number of hydrogen-bond donors (Lipinski definition) is 2. The number of benzene rings is 2. The number of aryl methyl sites for hydroxylation is 1. The van der Waals surface area contributed by atoms with E-state index in [4.69, 9.17) is 11.6 Å². The summed E-state index contributed by atoms with van der Waals surface area (Å²) in [6.45, 7) is 0. The van der Waals surface area contributed by atoms with E-state index in [9.17, 15) is 14.6 Å². The molecule has 1 aromatic heterocycles. The Balaban J connectivity index is 2.01. The van der Waals surface area contributed by atoms with Gasteiger partial charge in [-0.25, -0.2) is 14.4 Å². The number of hydrogen-bond acceptors (Lipinski definition) is 4. The summed E-state index contributed by atoms with van der Waals surface area (Å²) in [5.41, 5.74) is 4.95. The van der Waals surface area contributed by atoms with Crippen LogP contribution in [0, 0.1) is 5.82 Å². The Morgan fingerprint density at radius 2 is 1.81 bits per heavy atom. The summed E-state index contributed by atoms with van der Waals surface area (Å²) < 4.78 is 14.1. The molecule has 0 unspecified atom stereocenters. The molecule has 0 saturated heterocycles. The van der Waals surface area contributed by atoms with Gasteiger partial charge in [0.05, 0.1) is 23.1 Å². The number of aromatic nitrogens is 2. The Bertz CT molecular complexity index is 1050. The summed E-state index contributed by atoms with van der Waals surface area (Å²) in [5, 5.41) is 19.5. The normalized spacial score (nSPS) is 14.0. The van der Waals surface area contributed by atoms with Crippen LogP contribution in [0.25, 0.3) is 11.1 Å². The standard InChI is InChI=1S/C21H16ClFN2O2/c22-17-7-4-13(9-18(17)23)15-3-1-2-12-8-14(26)5-6-16(12)21(15)19-10-25-20(27)11-24-19/h4-11,26H,1-3H2,(H,25,27). The predicted octanol–water partition coefficient (Wildman–Crippen LogP) is 4.98. The highest BCUT2D eigenvalue weighted by Crippen LogP contribution is 2.40. The third-order valence-corrected chi connectivity index (χ3v) is 5.00. The van der Waals surface area contributed by atoms with Crippen molar-refractivity contribution in [1.29, 1.82) is 0 Å². The van der Waals surface area contributed by atoms with Gasteiger partial charge >= 0.3 is 0 Å². The van der Waals surface area contributed by atoms with Gasteiger partial charge in [0.15, 0.2) is 0 Å². The van der Waals surface area contributed by atoms with Crippen LogP contribution in [0.15, 0.2) is 48.8 Å². The van der Waals surface area contributed by atoms with Crippen LogP contribution in [0.5, 0.6) is 11.6 Å². The zero-order chi connectivity index (χ0) is 19.0. The number of fused-ring (bicyclic) bond motifs is 1. The second kappa shape index (κ2) is 7.00. The van der Waals surface area contributed by atoms with Crippen LogP contribution in [0.1, 0.15) is 35.2 Å². The van der Waals surface area contributed by atoms with E-state index in [1.807, 2.05) is 6.07 Å². The minimum Gasteiger partial charge on any atom is -0.508 e. The maximum atomic E-state index is 14.1. The first-order chi connectivity index (χ1) is 13.0. The van der Waals surface area contributed by atoms with Crippen molar-refractivity contribution in [2.75, 3.05) is 0 Å². The van der Waals surface area contributed by atoms with E-state index in [-0.39, 0.29) is 16.7 Å². The summed E-state index contributed by atoms with van der Waals surface area (Å²) in [4.78, 5) is 8.28. The number of allylic oxidation sites excluding steroid dienone is 1. The van der Waals surface area contributed by atoms with Gasteiger partial charge in [-0.1, -0.05) is 23.7 Å². The van der Waals surface area contributed by atoms with Crippen LogP contribution >= 0.6 is 11.6 Å². The molecule has 3 aromatic rings. The summed E-state index contributed by atoms with van der Waals surface area (Å²) in [5.74, 6) is -0.447. The average molecular weight is 383 g/mol. The fraction of sp³-hybridized carbons (Fsp3) is 0.143. The highest BCUT2D eigenvalue weighted by molar-refractivity contribution is 6.30. The minimum absolute atomic E-state index is 0.0734. The van der Waals surface area contributed by atoms with Crippen LogP contribution in [0.4, 0.5) is 4.39 Å². The molecule has 27 heavy (non-hydrogen) atoms. The molecule has 0 spiro atoms. The van der Waals surface area contributed by atoms with Gasteiger partial charge in [0.2, 0.25) is 5.88 Å². The lowest BCUT2D eigenvalue weighted by Gasteiger charge is -2.16. The van der Waals surface area contributed by atoms with Gasteiger partial charge in [0, 0.05) is 5.57 Å². The molecule has 1 aliphatic rings. The van der Waals surface area contributed by atoms with Gasteiger partial charge in [0.25, 0.3) is 0 Å². The van der Waals surface area contributed by atoms with Crippen LogP contribution in [0.3, 0.4) is 0 Å². The maximum absolute atomic E-state index is 14.1. The van der Waals surface area contributed by atoms with E-state index in [2.05, 4.69) is 9.97 Å². The average Bonchev–Trinajstić information content (AvgIpc) is 2.84. The fourth-order valence-electron chi connectivity index (χ4n) is 3.49. The molecule has 0 fully saturated rings. The van der Waals surface area contributed by atoms with Crippen molar-refractivity contribution in [2.45, 2.75) is 19.3 Å². The molecule has 0 radical (unpaired) electrons. The molecule has 0 amide bonds. The molecule has 136 valence electrons. The molecule has 0 saturated carbocycles. The van der Waals surface area contributed by atoms with Crippen molar-refractivity contribution in [3.05, 3.63) is 82.0 Å². The first-order valence-electron chi connectivity index (χ1n) is 8.55. The smallest absolute Gasteiger partial charge is 0.229 e. The van der Waals surface area contributed by atoms with E-state index in [1.54, 1.807) is 24.3 Å². The molecular formula is C21H16ClFN2O2. The topological polar surface area (TPSA) is 66.2 Å². The van der Waals surface area contributed by atoms with Crippen molar-refractivity contribution < 1.29 is 14.6 Å². The molecule has 1 heterocycles. The number of halogens is 2. The molecule has 0 atom stereocenters. The van der Waals surface area contributed by atoms with Crippen molar-refractivity contribution >= 4 is 22.7 Å². The minimum atomic E-state index is -0.479. The number of rotatable bonds is 2. The molecule has 0 aliphatic heterocycles. The number of nitrogens with zero attached hydrogens (tertiary/aromatic N) is 2. The predicted molar refractivity (Wildman–Crippen MR) is 102 cm³/mol. The lowest BCUT2D eigenvalue weighted by molar-refractivity contribution is 0.450. The molecule has 6 heteroatoms. The Morgan fingerprint density at radius 3 is 2.56 bits per heavy atom. The summed E-state index contributed by atoms with van der Waals surface area (Å²) in [6.07, 6.45) is 5.10. The number of aromatic hydroxyl groups is 2. The Kier molecular flexibility index (Phi) is 4.54. The zero-order valence-corrected chi connectivity index (χ0v) is 15.0. The largest absolute Gasteiger partial charge is 0.508 e. The first-order valence-corrected chi connectivity index (χ1v) is 8.93. The van der Waals surface area contributed by atoms with Crippen LogP contribution in [-0.4, -0.2) is 20.2 Å². The molecule has 2 N–H and O–H groups in total. The third-order valence-electron chi connectivity index (χ3n) is 4.70. The summed E-state index contributed by atoms with van der Waals surface area (Å²) in [6, 6.07) is 9.97. The fourth-order valence-corrected chi connectivity index (χ4v) is 3.61. The molecular weight excluding hydrogens is 367 g/mol. The second-order valence-electron chi connectivity index (χ2n) is 6.44. The van der Waals surface area contributed by atoms with E-state index >= 15 is 0 Å². The third kappa shape index (κ3) is 3.38. The molecule has 4 rings (SSSR count). The van der Waals surface area contributed by atoms with Crippen LogP contribution in [-0.2, 0) is 6.42 Å². The van der Waals surface area contributed by atoms with Gasteiger partial charge in [-0.2, -0.15) is 0 Å². The van der Waals surface area contributed by atoms with Gasteiger partial charge in [-0.15, -0.1) is 0 Å². The highest BCUT2D eigenvalue weighted by atomic mass is 35.5. The van der Waals surface area contributed by atoms with E-state index in [0.29, 0.717) is 12.1 Å². The number of phenolic OH excluding ortho intramolecular Hbond substituents is 1. The van der Waals surface area contributed by atoms with E-state index in [0.717, 1.165) is 40.7 Å². The SMILES string of the molecule is Oc1ccc2c(c1)CCCC(c1ccc(Cl)c(F)c1)=C2c1cnc(O)cn1. The van der Waals surface area contributed by atoms with E-state index in [1.165, 1.54) is 18.5 Å². The van der Waals surface area contributed by atoms with Gasteiger partial charge in [-0.3, -0.25) is 0 Å². The van der Waals surface area contributed by atoms with Gasteiger partial charge in [0.1, 0.15) is 11.6 Å². The Labute approximate surface area is 160 Å². The molecule has 4 nitrogen and oxygen atoms in total. The monoisotopic (exact) mass is 382 g/mol. The van der Waals surface area contributed by atoms with Gasteiger partial charge in [-0.05, 0) is 65.8 Å². The Hall–Kier alpha value is -2.92. The van der Waals surface area contributed by atoms with Gasteiger partial charge < -0.3 is 10.2 Å². The summed E-state index contributed by atoms with van der Waals surface area (Å²) >= 11 is 5.85. The van der Waals surface area contributed by atoms with Crippen molar-refractivity contribution in [3.63, 3.8) is 0 Å². The van der Waals surface area contributed by atoms with Crippen molar-refractivity contribution in [2.24, 2.45) is 0 Å². The zero-order valence-electron chi connectivity index (χ0n) is 14.3. The quantitative estimate of drug-likeness (QED) is 0.656. The maximum Gasteiger partial charge on any atom is 0.229 e. The lowest BCUT2D eigenvalue weighted by Crippen LogP contribution is -1.99. The first kappa shape index (κ1) is 17.5. The number of phenols is 1. The summed E-state index contributed by atoms with van der Waals surface area (Å²) in [7, 11) is 0. The molecule has 0 bridgehead atoms. The molecule has 2 aromatic carbocycles. The molecule has 1 aliphatic carbocycles. The van der Waals surface area contributed by atoms with E-state index < -0.39 is 5.82 Å². The van der Waals surface area contributed by atoms with Crippen LogP contribution < -0.4 is 0 Å². The lowest BCUT2D eigenvalue weighted by atomic mass is 9.90. The van der Waals surface area contributed by atoms with Crippen molar-refractivity contribution in [1.82, 2.24) is 9.97 Å². The van der Waals surface area contributed by atoms with Crippen LogP contribution in [0.2, 0.25) is 5.02 Å². The second-order valence-corrected chi connectivity index (χ2v) is 6.84. The Morgan fingerprint density at radius 1 is 0.963 bits per heavy atom. The van der Waals surface area contributed by atoms with Crippen molar-refractivity contribution in [3.8, 4) is 11.6 Å².